The van der Waals surface area contributed by atoms with Crippen LogP contribution in [0.25, 0.3) is 11.3 Å². The number of rotatable bonds is 7. The Kier molecular flexibility index (Phi) is 5.73. The Balaban J connectivity index is 1.56. The topological polar surface area (TPSA) is 119 Å². The van der Waals surface area contributed by atoms with Gasteiger partial charge in [-0.05, 0) is 26.0 Å². The summed E-state index contributed by atoms with van der Waals surface area (Å²) in [5.41, 5.74) is 1.24. The number of amides is 2. The van der Waals surface area contributed by atoms with Crippen molar-refractivity contribution >= 4 is 17.6 Å². The monoisotopic (exact) mass is 384 g/mol. The van der Waals surface area contributed by atoms with Gasteiger partial charge in [0.1, 0.15) is 17.6 Å². The van der Waals surface area contributed by atoms with Crippen LogP contribution in [0.5, 0.6) is 5.75 Å². The number of aryl methyl sites for hydroxylation is 1. The van der Waals surface area contributed by atoms with Crippen molar-refractivity contribution in [2.24, 2.45) is 0 Å². The van der Waals surface area contributed by atoms with Gasteiger partial charge in [0.15, 0.2) is 11.6 Å². The number of carbonyl (C=O) groups is 2. The molecule has 2 aromatic heterocycles. The Morgan fingerprint density at radius 2 is 2.00 bits per heavy atom. The fourth-order valence-corrected chi connectivity index (χ4v) is 2.49. The summed E-state index contributed by atoms with van der Waals surface area (Å²) in [6, 6.07) is 9.82. The number of benzene rings is 1. The first kappa shape index (κ1) is 19.2. The van der Waals surface area contributed by atoms with Gasteiger partial charge in [-0.25, -0.2) is 0 Å². The number of nitrogens with zero attached hydrogens (tertiary/aromatic N) is 2. The van der Waals surface area contributed by atoms with Crippen molar-refractivity contribution in [3.05, 3.63) is 47.9 Å². The molecule has 0 aliphatic heterocycles. The molecule has 9 nitrogen and oxygen atoms in total. The second-order valence-electron chi connectivity index (χ2n) is 6.19. The molecule has 1 atom stereocenters. The highest BCUT2D eigenvalue weighted by atomic mass is 16.5. The standard InChI is InChI=1S/C19H20N4O5/c1-11-7-17(23-27-11)21-19(25)12(2)20-18(24)10-14-9-16(28-22-14)13-5-4-6-15(8-13)26-3/h4-9,12H,10H2,1-3H3,(H,20,24)(H,21,23,25)/t12-/m0/s1. The molecular formula is C19H20N4O5. The highest BCUT2D eigenvalue weighted by molar-refractivity contribution is 5.96. The van der Waals surface area contributed by atoms with Gasteiger partial charge in [-0.2, -0.15) is 0 Å². The molecule has 0 spiro atoms. The normalized spacial score (nSPS) is 11.7. The van der Waals surface area contributed by atoms with E-state index in [1.807, 2.05) is 24.3 Å². The molecule has 0 saturated heterocycles. The molecule has 2 N–H and O–H groups in total. The Morgan fingerprint density at radius 3 is 2.71 bits per heavy atom. The van der Waals surface area contributed by atoms with E-state index in [4.69, 9.17) is 13.8 Å². The number of carbonyl (C=O) groups excluding carboxylic acids is 2. The molecule has 0 bridgehead atoms. The highest BCUT2D eigenvalue weighted by Gasteiger charge is 2.18. The first-order chi connectivity index (χ1) is 13.4. The summed E-state index contributed by atoms with van der Waals surface area (Å²) < 4.78 is 15.4. The lowest BCUT2D eigenvalue weighted by Crippen LogP contribution is -2.42. The minimum atomic E-state index is -0.755. The van der Waals surface area contributed by atoms with E-state index >= 15 is 0 Å². The average Bonchev–Trinajstić information content (AvgIpc) is 3.30. The van der Waals surface area contributed by atoms with Crippen LogP contribution < -0.4 is 15.4 Å². The van der Waals surface area contributed by atoms with Crippen molar-refractivity contribution in [3.8, 4) is 17.1 Å². The molecule has 0 saturated carbocycles. The minimum Gasteiger partial charge on any atom is -0.497 e. The van der Waals surface area contributed by atoms with Gasteiger partial charge in [0.25, 0.3) is 0 Å². The van der Waals surface area contributed by atoms with E-state index in [2.05, 4.69) is 20.9 Å². The van der Waals surface area contributed by atoms with Gasteiger partial charge in [-0.15, -0.1) is 0 Å². The predicted molar refractivity (Wildman–Crippen MR) is 99.7 cm³/mol. The van der Waals surface area contributed by atoms with E-state index in [1.54, 1.807) is 33.1 Å². The van der Waals surface area contributed by atoms with Gasteiger partial charge in [0, 0.05) is 17.7 Å². The van der Waals surface area contributed by atoms with Crippen LogP contribution >= 0.6 is 0 Å². The molecule has 1 aromatic carbocycles. The highest BCUT2D eigenvalue weighted by Crippen LogP contribution is 2.24. The quantitative estimate of drug-likeness (QED) is 0.641. The molecule has 2 heterocycles. The molecule has 0 radical (unpaired) electrons. The van der Waals surface area contributed by atoms with Crippen LogP contribution in [0.3, 0.4) is 0 Å². The fraction of sp³-hybridized carbons (Fsp3) is 0.263. The van der Waals surface area contributed by atoms with Crippen molar-refractivity contribution in [1.82, 2.24) is 15.6 Å². The first-order valence-corrected chi connectivity index (χ1v) is 8.58. The van der Waals surface area contributed by atoms with Crippen LogP contribution in [0.2, 0.25) is 0 Å². The summed E-state index contributed by atoms with van der Waals surface area (Å²) in [5.74, 6) is 1.32. The van der Waals surface area contributed by atoms with E-state index < -0.39 is 11.9 Å². The summed E-state index contributed by atoms with van der Waals surface area (Å²) in [4.78, 5) is 24.3. The number of methoxy groups -OCH3 is 1. The molecule has 28 heavy (non-hydrogen) atoms. The van der Waals surface area contributed by atoms with Crippen LogP contribution in [-0.2, 0) is 16.0 Å². The van der Waals surface area contributed by atoms with Gasteiger partial charge >= 0.3 is 0 Å². The fourth-order valence-electron chi connectivity index (χ4n) is 2.49. The molecule has 3 aromatic rings. The zero-order valence-corrected chi connectivity index (χ0v) is 15.7. The third-order valence-corrected chi connectivity index (χ3v) is 3.90. The number of hydrogen-bond donors (Lipinski definition) is 2. The molecule has 2 amide bonds. The van der Waals surface area contributed by atoms with Crippen LogP contribution in [0, 0.1) is 6.92 Å². The lowest BCUT2D eigenvalue weighted by atomic mass is 10.1. The summed E-state index contributed by atoms with van der Waals surface area (Å²) in [5, 5.41) is 12.8. The Hall–Kier alpha value is -3.62. The summed E-state index contributed by atoms with van der Waals surface area (Å²) in [6.07, 6.45) is -0.0197. The van der Waals surface area contributed by atoms with Crippen molar-refractivity contribution in [3.63, 3.8) is 0 Å². The summed E-state index contributed by atoms with van der Waals surface area (Å²) in [6.45, 7) is 3.29. The van der Waals surface area contributed by atoms with Gasteiger partial charge < -0.3 is 24.4 Å². The number of hydrogen-bond acceptors (Lipinski definition) is 7. The maximum Gasteiger partial charge on any atom is 0.247 e. The molecule has 0 fully saturated rings. The maximum atomic E-state index is 12.2. The van der Waals surface area contributed by atoms with Crippen LogP contribution in [0.15, 0.2) is 45.4 Å². The average molecular weight is 384 g/mol. The molecule has 0 aliphatic carbocycles. The van der Waals surface area contributed by atoms with Crippen molar-refractivity contribution < 1.29 is 23.4 Å². The van der Waals surface area contributed by atoms with E-state index in [1.165, 1.54) is 0 Å². The van der Waals surface area contributed by atoms with Crippen molar-refractivity contribution in [2.45, 2.75) is 26.3 Å². The molecule has 0 aliphatic rings. The summed E-state index contributed by atoms with van der Waals surface area (Å²) in [7, 11) is 1.58. The number of anilines is 1. The van der Waals surface area contributed by atoms with Crippen molar-refractivity contribution in [2.75, 3.05) is 12.4 Å². The SMILES string of the molecule is COc1cccc(-c2cc(CC(=O)N[C@@H](C)C(=O)Nc3cc(C)on3)no2)c1. The molecule has 0 unspecified atom stereocenters. The first-order valence-electron chi connectivity index (χ1n) is 8.58. The predicted octanol–water partition coefficient (Wildman–Crippen LogP) is 2.33. The minimum absolute atomic E-state index is 0.0197. The van der Waals surface area contributed by atoms with Gasteiger partial charge in [0.2, 0.25) is 11.8 Å². The maximum absolute atomic E-state index is 12.2. The van der Waals surface area contributed by atoms with Crippen LogP contribution in [0.1, 0.15) is 18.4 Å². The smallest absolute Gasteiger partial charge is 0.247 e. The van der Waals surface area contributed by atoms with Crippen molar-refractivity contribution in [1.29, 1.82) is 0 Å². The second kappa shape index (κ2) is 8.38. The number of ether oxygens (including phenoxy) is 1. The number of nitrogens with one attached hydrogen (secondary N) is 2. The van der Waals surface area contributed by atoms with Gasteiger partial charge in [-0.1, -0.05) is 22.4 Å². The Morgan fingerprint density at radius 1 is 1.18 bits per heavy atom. The largest absolute Gasteiger partial charge is 0.497 e. The number of aromatic nitrogens is 2. The summed E-state index contributed by atoms with van der Waals surface area (Å²) >= 11 is 0. The third-order valence-electron chi connectivity index (χ3n) is 3.90. The molecule has 9 heteroatoms. The molecular weight excluding hydrogens is 364 g/mol. The molecule has 3 rings (SSSR count). The Bertz CT molecular complexity index is 978. The third kappa shape index (κ3) is 4.76. The van der Waals surface area contributed by atoms with Gasteiger partial charge in [-0.3, -0.25) is 9.59 Å². The second-order valence-corrected chi connectivity index (χ2v) is 6.19. The zero-order chi connectivity index (χ0) is 20.1. The lowest BCUT2D eigenvalue weighted by molar-refractivity contribution is -0.125. The molecule has 146 valence electrons. The van der Waals surface area contributed by atoms with E-state index in [9.17, 15) is 9.59 Å². The van der Waals surface area contributed by atoms with Crippen LogP contribution in [0.4, 0.5) is 5.82 Å². The van der Waals surface area contributed by atoms with Gasteiger partial charge in [0.05, 0.1) is 19.2 Å². The van der Waals surface area contributed by atoms with E-state index in [0.717, 1.165) is 5.56 Å². The zero-order valence-electron chi connectivity index (χ0n) is 15.7. The van der Waals surface area contributed by atoms with E-state index in [-0.39, 0.29) is 12.3 Å². The Labute approximate surface area is 161 Å². The lowest BCUT2D eigenvalue weighted by Gasteiger charge is -2.12. The van der Waals surface area contributed by atoms with Crippen LogP contribution in [-0.4, -0.2) is 35.3 Å². The van der Waals surface area contributed by atoms with E-state index in [0.29, 0.717) is 28.8 Å².